The number of unbranched alkanes of at least 4 members (excludes halogenated alkanes) is 3. The maximum Gasteiger partial charge on any atom is 0.318 e. The Morgan fingerprint density at radius 3 is 2.56 bits per heavy atom. The summed E-state index contributed by atoms with van der Waals surface area (Å²) in [5.41, 5.74) is 7.45. The number of nitrogen functional groups attached to an aromatic ring is 1. The lowest BCUT2D eigenvalue weighted by atomic mass is 9.92. The standard InChI is InChI=1S/C29H41N7O4S/c1-29-19-41-22(26(29)35-27(39)36-29)7-4-5-9-24(37)31-15-6-2-3-8-25(38)33-17-20-10-12-21(13-11-20)18-40-28-32-16-14-23(30)34-28/h10-14,16,22,26H,2-9,15,17-19H2,1H3,(H,31,37)(H,33,38)(H2,30,32,34)(H2,35,36,39)/t22-,26+,29-/m0/s1. The number of aromatic nitrogens is 2. The molecule has 222 valence electrons. The molecule has 0 bridgehead atoms. The molecule has 11 nitrogen and oxygen atoms in total. The number of nitrogens with zero attached hydrogens (tertiary/aromatic N) is 2. The Hall–Kier alpha value is -3.54. The molecule has 2 aliphatic rings. The largest absolute Gasteiger partial charge is 0.459 e. The number of thioether (sulfide) groups is 1. The van der Waals surface area contributed by atoms with Crippen LogP contribution in [0, 0.1) is 0 Å². The number of hydrogen-bond donors (Lipinski definition) is 5. The van der Waals surface area contributed by atoms with Gasteiger partial charge in [-0.25, -0.2) is 9.78 Å². The van der Waals surface area contributed by atoms with Gasteiger partial charge in [0.15, 0.2) is 0 Å². The number of amides is 4. The van der Waals surface area contributed by atoms with E-state index in [1.165, 1.54) is 0 Å². The van der Waals surface area contributed by atoms with E-state index < -0.39 is 0 Å². The Balaban J connectivity index is 0.976. The van der Waals surface area contributed by atoms with Crippen LogP contribution in [0.25, 0.3) is 0 Å². The molecule has 4 amide bonds. The van der Waals surface area contributed by atoms with E-state index in [1.54, 1.807) is 12.3 Å². The van der Waals surface area contributed by atoms with E-state index in [-0.39, 0.29) is 35.4 Å². The highest BCUT2D eigenvalue weighted by atomic mass is 32.2. The van der Waals surface area contributed by atoms with Gasteiger partial charge >= 0.3 is 12.0 Å². The molecule has 2 aromatic rings. The van der Waals surface area contributed by atoms with E-state index in [9.17, 15) is 14.4 Å². The third-order valence-corrected chi connectivity index (χ3v) is 9.12. The SMILES string of the molecule is C[C@]12CS[C@@H](CCCCC(=O)NCCCCCC(=O)NCc3ccc(COc4nccc(N)n4)cc3)[C@H]1NC(=O)N2. The van der Waals surface area contributed by atoms with Crippen molar-refractivity contribution in [2.24, 2.45) is 0 Å². The molecule has 2 fully saturated rings. The lowest BCUT2D eigenvalue weighted by Gasteiger charge is -2.23. The number of nitrogens with two attached hydrogens (primary N) is 1. The summed E-state index contributed by atoms with van der Waals surface area (Å²) >= 11 is 1.90. The van der Waals surface area contributed by atoms with Crippen molar-refractivity contribution in [1.29, 1.82) is 0 Å². The van der Waals surface area contributed by atoms with E-state index in [0.29, 0.717) is 43.6 Å². The molecular formula is C29H41N7O4S. The smallest absolute Gasteiger partial charge is 0.318 e. The van der Waals surface area contributed by atoms with Crippen molar-refractivity contribution in [3.8, 4) is 6.01 Å². The van der Waals surface area contributed by atoms with Crippen LogP contribution >= 0.6 is 11.8 Å². The van der Waals surface area contributed by atoms with E-state index >= 15 is 0 Å². The second kappa shape index (κ2) is 14.9. The number of ether oxygens (including phenoxy) is 1. The molecule has 0 radical (unpaired) electrons. The van der Waals surface area contributed by atoms with Crippen LogP contribution in [0.4, 0.5) is 10.6 Å². The third kappa shape index (κ3) is 9.51. The van der Waals surface area contributed by atoms with Crippen molar-refractivity contribution in [1.82, 2.24) is 31.2 Å². The fourth-order valence-corrected chi connectivity index (χ4v) is 6.78. The van der Waals surface area contributed by atoms with Gasteiger partial charge in [-0.2, -0.15) is 16.7 Å². The first-order valence-corrected chi connectivity index (χ1v) is 15.4. The van der Waals surface area contributed by atoms with Crippen LogP contribution in [-0.4, -0.2) is 56.9 Å². The van der Waals surface area contributed by atoms with Gasteiger partial charge in [-0.15, -0.1) is 0 Å². The van der Waals surface area contributed by atoms with Crippen molar-refractivity contribution in [3.05, 3.63) is 47.7 Å². The summed E-state index contributed by atoms with van der Waals surface area (Å²) in [5.74, 6) is 1.39. The van der Waals surface area contributed by atoms with Crippen molar-refractivity contribution >= 4 is 35.4 Å². The number of hydrogen-bond acceptors (Lipinski definition) is 8. The van der Waals surface area contributed by atoms with Gasteiger partial charge in [-0.1, -0.05) is 37.1 Å². The predicted octanol–water partition coefficient (Wildman–Crippen LogP) is 3.05. The van der Waals surface area contributed by atoms with Gasteiger partial charge in [0.2, 0.25) is 11.8 Å². The van der Waals surface area contributed by atoms with Crippen molar-refractivity contribution < 1.29 is 19.1 Å². The van der Waals surface area contributed by atoms with Crippen LogP contribution < -0.4 is 31.7 Å². The summed E-state index contributed by atoms with van der Waals surface area (Å²) in [6, 6.07) is 9.74. The molecule has 12 heteroatoms. The highest BCUT2D eigenvalue weighted by Crippen LogP contribution is 2.39. The number of nitrogens with one attached hydrogen (secondary N) is 4. The first-order chi connectivity index (χ1) is 19.8. The summed E-state index contributed by atoms with van der Waals surface area (Å²) in [6.07, 6.45) is 7.90. The molecule has 6 N–H and O–H groups in total. The van der Waals surface area contributed by atoms with E-state index in [0.717, 1.165) is 55.4 Å². The van der Waals surface area contributed by atoms with Crippen LogP contribution in [-0.2, 0) is 22.7 Å². The van der Waals surface area contributed by atoms with Gasteiger partial charge in [0.05, 0.1) is 11.6 Å². The second-order valence-corrected chi connectivity index (χ2v) is 12.1. The summed E-state index contributed by atoms with van der Waals surface area (Å²) in [5, 5.41) is 12.4. The molecule has 1 aromatic carbocycles. The van der Waals surface area contributed by atoms with Crippen molar-refractivity contribution in [3.63, 3.8) is 0 Å². The molecule has 1 aromatic heterocycles. The Morgan fingerprint density at radius 1 is 1.05 bits per heavy atom. The highest BCUT2D eigenvalue weighted by Gasteiger charge is 2.51. The fourth-order valence-electron chi connectivity index (χ4n) is 5.08. The quantitative estimate of drug-likeness (QED) is 0.149. The molecule has 0 aliphatic carbocycles. The third-order valence-electron chi connectivity index (χ3n) is 7.42. The zero-order chi connectivity index (χ0) is 29.1. The Bertz CT molecular complexity index is 1180. The normalized spacial score (nSPS) is 21.0. The van der Waals surface area contributed by atoms with E-state index in [2.05, 4.69) is 38.2 Å². The number of urea groups is 1. The fraction of sp³-hybridized carbons (Fsp3) is 0.552. The Morgan fingerprint density at radius 2 is 1.78 bits per heavy atom. The molecule has 2 aliphatic heterocycles. The van der Waals surface area contributed by atoms with Crippen LogP contribution in [0.3, 0.4) is 0 Å². The van der Waals surface area contributed by atoms with Gasteiger partial charge < -0.3 is 31.7 Å². The average molecular weight is 584 g/mol. The lowest BCUT2D eigenvalue weighted by molar-refractivity contribution is -0.122. The first kappa shape index (κ1) is 30.4. The summed E-state index contributed by atoms with van der Waals surface area (Å²) in [7, 11) is 0. The van der Waals surface area contributed by atoms with Crippen LogP contribution in [0.1, 0.15) is 69.4 Å². The molecule has 0 spiro atoms. The summed E-state index contributed by atoms with van der Waals surface area (Å²) < 4.78 is 5.54. The van der Waals surface area contributed by atoms with Gasteiger partial charge in [0, 0.05) is 43.1 Å². The minimum absolute atomic E-state index is 0.0222. The molecule has 4 rings (SSSR count). The molecule has 3 atom stereocenters. The summed E-state index contributed by atoms with van der Waals surface area (Å²) in [6.45, 7) is 3.54. The van der Waals surface area contributed by atoms with Crippen molar-refractivity contribution in [2.45, 2.75) is 88.3 Å². The van der Waals surface area contributed by atoms with Crippen LogP contribution in [0.5, 0.6) is 6.01 Å². The van der Waals surface area contributed by atoms with Crippen molar-refractivity contribution in [2.75, 3.05) is 18.0 Å². The van der Waals surface area contributed by atoms with Crippen LogP contribution in [0.2, 0.25) is 0 Å². The maximum atomic E-state index is 12.2. The van der Waals surface area contributed by atoms with Gasteiger partial charge in [0.1, 0.15) is 12.4 Å². The highest BCUT2D eigenvalue weighted by molar-refractivity contribution is 8.00. The van der Waals surface area contributed by atoms with E-state index in [4.69, 9.17) is 10.5 Å². The molecule has 0 saturated carbocycles. The predicted molar refractivity (Wildman–Crippen MR) is 159 cm³/mol. The van der Waals surface area contributed by atoms with Gasteiger partial charge in [0.25, 0.3) is 0 Å². The molecule has 2 saturated heterocycles. The number of fused-ring (bicyclic) bond motifs is 1. The molecule has 0 unspecified atom stereocenters. The zero-order valence-corrected chi connectivity index (χ0v) is 24.4. The number of rotatable bonds is 16. The molecule has 3 heterocycles. The number of carbonyl (C=O) groups excluding carboxylic acids is 3. The monoisotopic (exact) mass is 583 g/mol. The minimum atomic E-state index is -0.149. The Kier molecular flexibility index (Phi) is 11.1. The Labute approximate surface area is 245 Å². The molecule has 41 heavy (non-hydrogen) atoms. The zero-order valence-electron chi connectivity index (χ0n) is 23.6. The van der Waals surface area contributed by atoms with Crippen LogP contribution in [0.15, 0.2) is 36.5 Å². The maximum absolute atomic E-state index is 12.2. The van der Waals surface area contributed by atoms with Gasteiger partial charge in [-0.05, 0) is 49.8 Å². The number of anilines is 1. The molecular weight excluding hydrogens is 542 g/mol. The topological polar surface area (TPSA) is 160 Å². The lowest BCUT2D eigenvalue weighted by Crippen LogP contribution is -2.47. The number of benzene rings is 1. The summed E-state index contributed by atoms with van der Waals surface area (Å²) in [4.78, 5) is 44.0. The van der Waals surface area contributed by atoms with E-state index in [1.807, 2.05) is 36.0 Å². The minimum Gasteiger partial charge on any atom is -0.459 e. The average Bonchev–Trinajstić information content (AvgIpc) is 3.42. The number of carbonyl (C=O) groups is 3. The van der Waals surface area contributed by atoms with Gasteiger partial charge in [-0.3, -0.25) is 9.59 Å². The first-order valence-electron chi connectivity index (χ1n) is 14.3. The second-order valence-electron chi connectivity index (χ2n) is 10.9.